The van der Waals surface area contributed by atoms with Crippen LogP contribution >= 0.6 is 0 Å². The first-order valence-corrected chi connectivity index (χ1v) is 4.34. The van der Waals surface area contributed by atoms with Crippen molar-refractivity contribution in [3.63, 3.8) is 0 Å². The molecule has 8 heteroatoms. The Hall–Kier alpha value is -0.580. The molecule has 0 aromatic carbocycles. The van der Waals surface area contributed by atoms with Crippen LogP contribution in [0.4, 0.5) is 0 Å². The Morgan fingerprint density at radius 2 is 1.40 bits per heavy atom. The summed E-state index contributed by atoms with van der Waals surface area (Å²) >= 11 is 0. The number of hydrogen-bond acceptors (Lipinski definition) is 8. The maximum atomic E-state index is 8.47. The van der Waals surface area contributed by atoms with Crippen LogP contribution in [0.15, 0.2) is 12.7 Å². The van der Waals surface area contributed by atoms with Gasteiger partial charge in [0.1, 0.15) is 12.2 Å². The van der Waals surface area contributed by atoms with E-state index < -0.39 is 23.0 Å². The van der Waals surface area contributed by atoms with E-state index in [-0.39, 0.29) is 5.92 Å². The van der Waals surface area contributed by atoms with Gasteiger partial charge in [-0.2, -0.15) is 0 Å². The molecule has 2 atom stereocenters. The summed E-state index contributed by atoms with van der Waals surface area (Å²) in [6.45, 7) is 3.58. The van der Waals surface area contributed by atoms with Crippen LogP contribution in [0.1, 0.15) is 12.8 Å². The van der Waals surface area contributed by atoms with E-state index in [1.54, 1.807) is 6.08 Å². The molecule has 8 nitrogen and oxygen atoms in total. The Morgan fingerprint density at radius 1 is 1.00 bits per heavy atom. The average Bonchev–Trinajstić information content (AvgIpc) is 2.46. The quantitative estimate of drug-likeness (QED) is 0.390. The molecule has 0 saturated heterocycles. The standard InChI is InChI=1S/C7H14N2O6/c1-2-5-3-6(14-8(10)11)7(4-5)15-9(12)13/h2,5-7,10-13H,1,3-4H2. The highest BCUT2D eigenvalue weighted by atomic mass is 17.1. The fourth-order valence-corrected chi connectivity index (χ4v) is 1.65. The number of nitrogens with zero attached hydrogens (tertiary/aromatic N) is 2. The zero-order valence-corrected chi connectivity index (χ0v) is 7.93. The van der Waals surface area contributed by atoms with Crippen molar-refractivity contribution >= 4 is 0 Å². The summed E-state index contributed by atoms with van der Waals surface area (Å²) < 4.78 is 0. The summed E-state index contributed by atoms with van der Waals surface area (Å²) in [5.74, 6) is 0.0555. The van der Waals surface area contributed by atoms with E-state index in [2.05, 4.69) is 16.3 Å². The lowest BCUT2D eigenvalue weighted by molar-refractivity contribution is -0.535. The second-order valence-electron chi connectivity index (χ2n) is 3.26. The van der Waals surface area contributed by atoms with E-state index in [0.717, 1.165) is 0 Å². The maximum absolute atomic E-state index is 8.47. The fourth-order valence-electron chi connectivity index (χ4n) is 1.65. The van der Waals surface area contributed by atoms with E-state index in [9.17, 15) is 0 Å². The van der Waals surface area contributed by atoms with Crippen LogP contribution < -0.4 is 0 Å². The molecular formula is C7H14N2O6. The Bertz CT molecular complexity index is 194. The lowest BCUT2D eigenvalue weighted by Gasteiger charge is -2.20. The van der Waals surface area contributed by atoms with Crippen molar-refractivity contribution in [3.05, 3.63) is 12.7 Å². The Kier molecular flexibility index (Phi) is 4.57. The minimum atomic E-state index is -0.690. The van der Waals surface area contributed by atoms with Crippen LogP contribution in [0.2, 0.25) is 0 Å². The average molecular weight is 222 g/mol. The van der Waals surface area contributed by atoms with Gasteiger partial charge in [-0.1, -0.05) is 6.08 Å². The van der Waals surface area contributed by atoms with Crippen molar-refractivity contribution in [1.29, 1.82) is 0 Å². The summed E-state index contributed by atoms with van der Waals surface area (Å²) in [5.41, 5.74) is 0. The smallest absolute Gasteiger partial charge is 0.113 e. The highest BCUT2D eigenvalue weighted by molar-refractivity contribution is 4.92. The van der Waals surface area contributed by atoms with E-state index >= 15 is 0 Å². The van der Waals surface area contributed by atoms with Gasteiger partial charge in [-0.25, -0.2) is 9.68 Å². The normalized spacial score (nSPS) is 31.5. The monoisotopic (exact) mass is 222 g/mol. The van der Waals surface area contributed by atoms with Crippen molar-refractivity contribution in [2.24, 2.45) is 5.92 Å². The fraction of sp³-hybridized carbons (Fsp3) is 0.714. The van der Waals surface area contributed by atoms with E-state index in [1.165, 1.54) is 0 Å². The molecule has 0 aromatic rings. The molecule has 88 valence electrons. The Balaban J connectivity index is 2.52. The summed E-state index contributed by atoms with van der Waals surface area (Å²) in [7, 11) is 0. The van der Waals surface area contributed by atoms with Gasteiger partial charge in [0.15, 0.2) is 0 Å². The predicted molar refractivity (Wildman–Crippen MR) is 43.5 cm³/mol. The molecular weight excluding hydrogens is 208 g/mol. The largest absolute Gasteiger partial charge is 0.266 e. The summed E-state index contributed by atoms with van der Waals surface area (Å²) in [6.07, 6.45) is 1.17. The second kappa shape index (κ2) is 5.49. The van der Waals surface area contributed by atoms with Gasteiger partial charge in [0.05, 0.1) is 10.8 Å². The van der Waals surface area contributed by atoms with E-state index in [0.29, 0.717) is 12.8 Å². The van der Waals surface area contributed by atoms with Gasteiger partial charge in [0.2, 0.25) is 0 Å². The molecule has 0 amide bonds. The first-order chi connectivity index (χ1) is 7.02. The van der Waals surface area contributed by atoms with Crippen molar-refractivity contribution in [3.8, 4) is 0 Å². The van der Waals surface area contributed by atoms with Gasteiger partial charge in [0, 0.05) is 0 Å². The molecule has 0 radical (unpaired) electrons. The molecule has 4 N–H and O–H groups in total. The lowest BCUT2D eigenvalue weighted by atomic mass is 10.1. The highest BCUT2D eigenvalue weighted by Crippen LogP contribution is 2.31. The van der Waals surface area contributed by atoms with Crippen molar-refractivity contribution in [2.45, 2.75) is 25.0 Å². The highest BCUT2D eigenvalue weighted by Gasteiger charge is 2.37. The molecule has 2 unspecified atom stereocenters. The minimum Gasteiger partial charge on any atom is -0.266 e. The summed E-state index contributed by atoms with van der Waals surface area (Å²) in [4.78, 5) is 9.16. The zero-order chi connectivity index (χ0) is 11.4. The number of rotatable bonds is 5. The molecule has 0 aliphatic heterocycles. The molecule has 15 heavy (non-hydrogen) atoms. The molecule has 1 saturated carbocycles. The summed E-state index contributed by atoms with van der Waals surface area (Å²) in [5, 5.41) is 33.0. The third-order valence-electron chi connectivity index (χ3n) is 2.28. The Morgan fingerprint density at radius 3 is 1.67 bits per heavy atom. The molecule has 1 rings (SSSR count). The third-order valence-corrected chi connectivity index (χ3v) is 2.28. The van der Waals surface area contributed by atoms with Crippen molar-refractivity contribution in [1.82, 2.24) is 10.8 Å². The van der Waals surface area contributed by atoms with Crippen LogP contribution in [0.3, 0.4) is 0 Å². The first-order valence-electron chi connectivity index (χ1n) is 4.34. The van der Waals surface area contributed by atoms with Crippen molar-refractivity contribution < 1.29 is 30.5 Å². The molecule has 0 heterocycles. The second-order valence-corrected chi connectivity index (χ2v) is 3.26. The molecule has 1 aliphatic rings. The maximum Gasteiger partial charge on any atom is 0.113 e. The van der Waals surface area contributed by atoms with E-state index in [1.807, 2.05) is 0 Å². The molecule has 0 aromatic heterocycles. The Labute approximate surface area is 85.9 Å². The zero-order valence-electron chi connectivity index (χ0n) is 7.93. The number of hydrogen-bond donors (Lipinski definition) is 4. The van der Waals surface area contributed by atoms with Crippen LogP contribution in [-0.2, 0) is 9.68 Å². The van der Waals surface area contributed by atoms with E-state index in [4.69, 9.17) is 20.8 Å². The lowest BCUT2D eigenvalue weighted by Crippen LogP contribution is -2.35. The van der Waals surface area contributed by atoms with Crippen LogP contribution in [-0.4, -0.2) is 43.8 Å². The van der Waals surface area contributed by atoms with Gasteiger partial charge < -0.3 is 0 Å². The molecule has 1 aliphatic carbocycles. The molecule has 0 spiro atoms. The summed E-state index contributed by atoms with van der Waals surface area (Å²) in [6, 6.07) is 0. The van der Waals surface area contributed by atoms with Gasteiger partial charge in [0.25, 0.3) is 0 Å². The van der Waals surface area contributed by atoms with Gasteiger partial charge in [-0.3, -0.25) is 20.8 Å². The van der Waals surface area contributed by atoms with Crippen LogP contribution in [0.25, 0.3) is 0 Å². The molecule has 0 bridgehead atoms. The topological polar surface area (TPSA) is 106 Å². The minimum absolute atomic E-state index is 0.0555. The SMILES string of the molecule is C=CC1CC(ON(O)O)C(ON(O)O)C1. The predicted octanol–water partition coefficient (Wildman–Crippen LogP) is 0.344. The number of allylic oxidation sites excluding steroid dienone is 1. The van der Waals surface area contributed by atoms with Gasteiger partial charge in [-0.15, -0.1) is 6.58 Å². The van der Waals surface area contributed by atoms with Gasteiger partial charge >= 0.3 is 0 Å². The van der Waals surface area contributed by atoms with Gasteiger partial charge in [-0.05, 0) is 18.8 Å². The first kappa shape index (κ1) is 12.5. The molecule has 1 fully saturated rings. The third kappa shape index (κ3) is 3.81. The van der Waals surface area contributed by atoms with Crippen molar-refractivity contribution in [2.75, 3.05) is 0 Å². The van der Waals surface area contributed by atoms with Crippen LogP contribution in [0.5, 0.6) is 0 Å². The van der Waals surface area contributed by atoms with Crippen LogP contribution in [0, 0.1) is 5.92 Å².